The fourth-order valence-electron chi connectivity index (χ4n) is 1.62. The molecule has 1 aliphatic carbocycles. The molecular weight excluding hydrogens is 250 g/mol. The summed E-state index contributed by atoms with van der Waals surface area (Å²) >= 11 is 0. The number of rotatable bonds is 6. The molecule has 104 valence electrons. The molecule has 3 heteroatoms. The quantitative estimate of drug-likeness (QED) is 0.593. The van der Waals surface area contributed by atoms with Crippen molar-refractivity contribution < 1.29 is 9.53 Å². The average Bonchev–Trinajstić information content (AvgIpc) is 2.69. The predicted octanol–water partition coefficient (Wildman–Crippen LogP) is 3.33. The Balaban J connectivity index is 3.13. The van der Waals surface area contributed by atoms with Crippen LogP contribution in [0.5, 0.6) is 0 Å². The van der Waals surface area contributed by atoms with Gasteiger partial charge in [0, 0.05) is 5.70 Å². The zero-order valence-corrected chi connectivity index (χ0v) is 11.6. The molecule has 0 atom stereocenters. The van der Waals surface area contributed by atoms with Crippen molar-refractivity contribution in [3.05, 3.63) is 84.8 Å². The van der Waals surface area contributed by atoms with Crippen molar-refractivity contribution >= 4 is 5.97 Å². The van der Waals surface area contributed by atoms with Gasteiger partial charge in [0.05, 0.1) is 18.4 Å². The van der Waals surface area contributed by atoms with Crippen LogP contribution in [0.4, 0.5) is 0 Å². The lowest BCUT2D eigenvalue weighted by atomic mass is 10.2. The minimum Gasteiger partial charge on any atom is -0.465 e. The number of nitrogens with one attached hydrogen (secondary N) is 1. The van der Waals surface area contributed by atoms with Gasteiger partial charge in [-0.25, -0.2) is 4.79 Å². The van der Waals surface area contributed by atoms with Crippen LogP contribution in [-0.2, 0) is 9.53 Å². The second kappa shape index (κ2) is 8.53. The fourth-order valence-corrected chi connectivity index (χ4v) is 1.62. The van der Waals surface area contributed by atoms with Gasteiger partial charge in [-0.05, 0) is 30.7 Å². The molecule has 1 aliphatic rings. The van der Waals surface area contributed by atoms with E-state index in [0.29, 0.717) is 11.3 Å². The Morgan fingerprint density at radius 2 is 2.05 bits per heavy atom. The SMILES string of the molecule is C=C/C=C\C(=C/C=C)NC1=C(C(=O)OC)C=CCC=C1. The minimum absolute atomic E-state index is 0.374. The van der Waals surface area contributed by atoms with Gasteiger partial charge >= 0.3 is 5.97 Å². The third-order valence-corrected chi connectivity index (χ3v) is 2.52. The van der Waals surface area contributed by atoms with Crippen LogP contribution in [0.2, 0.25) is 0 Å². The lowest BCUT2D eigenvalue weighted by molar-refractivity contribution is -0.135. The molecule has 0 saturated carbocycles. The smallest absolute Gasteiger partial charge is 0.339 e. The summed E-state index contributed by atoms with van der Waals surface area (Å²) in [7, 11) is 1.37. The Kier molecular flexibility index (Phi) is 6.62. The second-order valence-electron chi connectivity index (χ2n) is 3.94. The second-order valence-corrected chi connectivity index (χ2v) is 3.94. The van der Waals surface area contributed by atoms with Crippen molar-refractivity contribution in [2.24, 2.45) is 0 Å². The molecule has 3 nitrogen and oxygen atoms in total. The Hall–Kier alpha value is -2.55. The maximum atomic E-state index is 11.8. The molecular formula is C17H19NO2. The number of ether oxygens (including phenoxy) is 1. The van der Waals surface area contributed by atoms with E-state index in [1.807, 2.05) is 30.4 Å². The third-order valence-electron chi connectivity index (χ3n) is 2.52. The molecule has 0 saturated heterocycles. The zero-order valence-electron chi connectivity index (χ0n) is 11.6. The van der Waals surface area contributed by atoms with Crippen molar-refractivity contribution in [2.45, 2.75) is 6.42 Å². The lowest BCUT2D eigenvalue weighted by Gasteiger charge is -2.11. The number of allylic oxidation sites excluding steroid dienone is 8. The summed E-state index contributed by atoms with van der Waals surface area (Å²) in [6.45, 7) is 7.31. The Bertz CT molecular complexity index is 531. The fraction of sp³-hybridized carbons (Fsp3) is 0.118. The van der Waals surface area contributed by atoms with Gasteiger partial charge in [-0.15, -0.1) is 0 Å². The first-order chi connectivity index (χ1) is 9.72. The number of carbonyl (C=O) groups excluding carboxylic acids is 1. The van der Waals surface area contributed by atoms with Crippen LogP contribution in [0.1, 0.15) is 6.42 Å². The van der Waals surface area contributed by atoms with Crippen molar-refractivity contribution in [3.8, 4) is 0 Å². The van der Waals surface area contributed by atoms with E-state index in [1.165, 1.54) is 7.11 Å². The molecule has 0 amide bonds. The standard InChI is InChI=1S/C17H19NO2/c1-4-6-11-14(10-5-2)18-16-13-9-7-8-12-15(16)17(19)20-3/h4-6,8-13,18H,1-2,7H2,3H3/b11-6-,14-10+. The van der Waals surface area contributed by atoms with Gasteiger partial charge in [-0.3, -0.25) is 0 Å². The topological polar surface area (TPSA) is 38.3 Å². The molecule has 0 bridgehead atoms. The van der Waals surface area contributed by atoms with Crippen molar-refractivity contribution in [2.75, 3.05) is 7.11 Å². The summed E-state index contributed by atoms with van der Waals surface area (Å²) < 4.78 is 4.80. The molecule has 0 aliphatic heterocycles. The highest BCUT2D eigenvalue weighted by Crippen LogP contribution is 2.14. The van der Waals surface area contributed by atoms with Gasteiger partial charge < -0.3 is 10.1 Å². The van der Waals surface area contributed by atoms with Crippen LogP contribution in [-0.4, -0.2) is 13.1 Å². The molecule has 0 spiro atoms. The van der Waals surface area contributed by atoms with Crippen LogP contribution in [0, 0.1) is 0 Å². The summed E-state index contributed by atoms with van der Waals surface area (Å²) in [6, 6.07) is 0. The summed E-state index contributed by atoms with van der Waals surface area (Å²) in [6.07, 6.45) is 17.1. The molecule has 0 fully saturated rings. The highest BCUT2D eigenvalue weighted by molar-refractivity contribution is 5.93. The Morgan fingerprint density at radius 3 is 2.70 bits per heavy atom. The van der Waals surface area contributed by atoms with Crippen LogP contribution in [0.15, 0.2) is 84.8 Å². The maximum absolute atomic E-state index is 11.8. The van der Waals surface area contributed by atoms with Gasteiger partial charge in [0.25, 0.3) is 0 Å². The molecule has 0 radical (unpaired) electrons. The molecule has 0 unspecified atom stereocenters. The zero-order chi connectivity index (χ0) is 14.8. The molecule has 0 aromatic heterocycles. The van der Waals surface area contributed by atoms with Crippen molar-refractivity contribution in [1.82, 2.24) is 5.32 Å². The first kappa shape index (κ1) is 15.5. The van der Waals surface area contributed by atoms with Gasteiger partial charge in [-0.1, -0.05) is 43.5 Å². The van der Waals surface area contributed by atoms with E-state index in [1.54, 1.807) is 24.3 Å². The molecule has 0 aromatic rings. The van der Waals surface area contributed by atoms with E-state index >= 15 is 0 Å². The third kappa shape index (κ3) is 4.61. The summed E-state index contributed by atoms with van der Waals surface area (Å²) in [5.74, 6) is -0.374. The van der Waals surface area contributed by atoms with Gasteiger partial charge in [0.1, 0.15) is 0 Å². The molecule has 20 heavy (non-hydrogen) atoms. The largest absolute Gasteiger partial charge is 0.465 e. The minimum atomic E-state index is -0.374. The first-order valence-electron chi connectivity index (χ1n) is 6.27. The molecule has 0 aromatic carbocycles. The molecule has 0 heterocycles. The Morgan fingerprint density at radius 1 is 1.30 bits per heavy atom. The molecule has 1 N–H and O–H groups in total. The van der Waals surface area contributed by atoms with Crippen LogP contribution in [0.3, 0.4) is 0 Å². The van der Waals surface area contributed by atoms with Gasteiger partial charge in [-0.2, -0.15) is 0 Å². The number of hydrogen-bond donors (Lipinski definition) is 1. The van der Waals surface area contributed by atoms with Gasteiger partial charge in [0.2, 0.25) is 0 Å². The normalized spacial score (nSPS) is 15.2. The van der Waals surface area contributed by atoms with Crippen LogP contribution in [0.25, 0.3) is 0 Å². The van der Waals surface area contributed by atoms with Crippen LogP contribution >= 0.6 is 0 Å². The number of hydrogen-bond acceptors (Lipinski definition) is 3. The number of esters is 1. The highest BCUT2D eigenvalue weighted by Gasteiger charge is 2.13. The summed E-state index contributed by atoms with van der Waals surface area (Å²) in [5, 5.41) is 3.19. The highest BCUT2D eigenvalue weighted by atomic mass is 16.5. The Labute approximate surface area is 120 Å². The monoisotopic (exact) mass is 269 g/mol. The van der Waals surface area contributed by atoms with Crippen molar-refractivity contribution in [3.63, 3.8) is 0 Å². The van der Waals surface area contributed by atoms with E-state index in [9.17, 15) is 4.79 Å². The summed E-state index contributed by atoms with van der Waals surface area (Å²) in [4.78, 5) is 11.8. The van der Waals surface area contributed by atoms with E-state index in [2.05, 4.69) is 18.5 Å². The maximum Gasteiger partial charge on any atom is 0.339 e. The van der Waals surface area contributed by atoms with Gasteiger partial charge in [0.15, 0.2) is 0 Å². The van der Waals surface area contributed by atoms with Crippen molar-refractivity contribution in [1.29, 1.82) is 0 Å². The van der Waals surface area contributed by atoms with E-state index in [4.69, 9.17) is 4.74 Å². The predicted molar refractivity (Wildman–Crippen MR) is 82.7 cm³/mol. The van der Waals surface area contributed by atoms with E-state index in [-0.39, 0.29) is 5.97 Å². The first-order valence-corrected chi connectivity index (χ1v) is 6.27. The van der Waals surface area contributed by atoms with E-state index in [0.717, 1.165) is 12.1 Å². The number of carbonyl (C=O) groups is 1. The van der Waals surface area contributed by atoms with E-state index < -0.39 is 0 Å². The average molecular weight is 269 g/mol. The van der Waals surface area contributed by atoms with Crippen LogP contribution < -0.4 is 5.32 Å². The summed E-state index contributed by atoms with van der Waals surface area (Å²) in [5.41, 5.74) is 1.98. The lowest BCUT2D eigenvalue weighted by Crippen LogP contribution is -2.16. The number of methoxy groups -OCH3 is 1. The molecule has 1 rings (SSSR count).